The van der Waals surface area contributed by atoms with Crippen molar-refractivity contribution in [3.8, 4) is 44.7 Å². The molecule has 0 saturated carbocycles. The number of hydrogen-bond acceptors (Lipinski definition) is 1. The molecule has 0 N–H and O–H groups in total. The summed E-state index contributed by atoms with van der Waals surface area (Å²) >= 11 is 0. The molecule has 1 heteroatoms. The molecule has 0 bridgehead atoms. The summed E-state index contributed by atoms with van der Waals surface area (Å²) in [6, 6.07) is 39.9. The zero-order valence-electron chi connectivity index (χ0n) is 34.1. The lowest BCUT2D eigenvalue weighted by Gasteiger charge is -2.18. The van der Waals surface area contributed by atoms with Crippen LogP contribution in [0.5, 0.6) is 0 Å². The molecule has 0 aliphatic heterocycles. The van der Waals surface area contributed by atoms with Gasteiger partial charge >= 0.3 is 0 Å². The maximum Gasteiger partial charge on any atom is 0.143 e. The van der Waals surface area contributed by atoms with Gasteiger partial charge in [0.05, 0.1) is 11.0 Å². The number of furan rings is 1. The molecule has 10 aromatic rings. The van der Waals surface area contributed by atoms with Crippen LogP contribution in [0.25, 0.3) is 98.8 Å². The minimum atomic E-state index is -0.455. The van der Waals surface area contributed by atoms with Gasteiger partial charge in [0.15, 0.2) is 0 Å². The minimum absolute atomic E-state index is 0.136. The summed E-state index contributed by atoms with van der Waals surface area (Å²) in [7, 11) is 0. The van der Waals surface area contributed by atoms with E-state index in [-0.39, 0.29) is 51.3 Å². The predicted molar refractivity (Wildman–Crippen MR) is 208 cm³/mol. The predicted octanol–water partition coefficient (Wildman–Crippen LogP) is 13.7. The van der Waals surface area contributed by atoms with Crippen LogP contribution in [-0.4, -0.2) is 0 Å². The average Bonchev–Trinajstić information content (AvgIpc) is 3.63. The Labute approximate surface area is 295 Å². The molecule has 228 valence electrons. The summed E-state index contributed by atoms with van der Waals surface area (Å²) < 4.78 is 80.9. The molecule has 1 heterocycles. The highest BCUT2D eigenvalue weighted by molar-refractivity contribution is 6.26. The number of rotatable bonds is 4. The fraction of sp³-hybridized carbons (Fsp3) is 0. The highest BCUT2D eigenvalue weighted by Gasteiger charge is 2.25. The maximum absolute atomic E-state index is 9.61. The van der Waals surface area contributed by atoms with E-state index >= 15 is 0 Å². The second kappa shape index (κ2) is 11.1. The van der Waals surface area contributed by atoms with Crippen LogP contribution in [0.2, 0.25) is 0 Å². The fourth-order valence-electron chi connectivity index (χ4n) is 7.36. The Morgan fingerprint density at radius 1 is 0.367 bits per heavy atom. The average molecular weight is 631 g/mol. The lowest BCUT2D eigenvalue weighted by Crippen LogP contribution is -1.92. The third-order valence-corrected chi connectivity index (χ3v) is 9.50. The van der Waals surface area contributed by atoms with Crippen molar-refractivity contribution in [1.82, 2.24) is 0 Å². The topological polar surface area (TPSA) is 13.1 Å². The second-order valence-corrected chi connectivity index (χ2v) is 12.2. The van der Waals surface area contributed by atoms with Crippen LogP contribution in [0.4, 0.5) is 0 Å². The third kappa shape index (κ3) is 4.33. The van der Waals surface area contributed by atoms with Crippen LogP contribution in [0.3, 0.4) is 0 Å². The second-order valence-electron chi connectivity index (χ2n) is 12.2. The SMILES string of the molecule is [2H]c1c([2H])c([2H])c2c(-c3c(-c4cc5ccccc5c5ccccc45)oc4ccc(-c5ccccc5)cc34)c3c([2H])c([2H])c([2H])c([2H])c3c(-c3ccccc3)c2c1[2H]. The van der Waals surface area contributed by atoms with E-state index in [2.05, 4.69) is 18.2 Å². The van der Waals surface area contributed by atoms with E-state index in [1.807, 2.05) is 91.0 Å². The van der Waals surface area contributed by atoms with Gasteiger partial charge in [0.25, 0.3) is 0 Å². The summed E-state index contributed by atoms with van der Waals surface area (Å²) in [4.78, 5) is 0. The van der Waals surface area contributed by atoms with Crippen molar-refractivity contribution in [3.05, 3.63) is 182 Å². The van der Waals surface area contributed by atoms with Crippen LogP contribution in [0.15, 0.2) is 186 Å². The highest BCUT2D eigenvalue weighted by Crippen LogP contribution is 2.51. The van der Waals surface area contributed by atoms with Gasteiger partial charge < -0.3 is 4.42 Å². The zero-order valence-corrected chi connectivity index (χ0v) is 26.1. The summed E-state index contributed by atoms with van der Waals surface area (Å²) in [5.74, 6) is 0.409. The Kier molecular flexibility index (Phi) is 4.69. The van der Waals surface area contributed by atoms with Crippen LogP contribution < -0.4 is 0 Å². The van der Waals surface area contributed by atoms with E-state index in [0.717, 1.165) is 38.2 Å². The van der Waals surface area contributed by atoms with Crippen molar-refractivity contribution in [2.45, 2.75) is 0 Å². The molecule has 1 nitrogen and oxygen atoms in total. The van der Waals surface area contributed by atoms with Gasteiger partial charge in [-0.05, 0) is 83.5 Å². The van der Waals surface area contributed by atoms with E-state index < -0.39 is 24.2 Å². The van der Waals surface area contributed by atoms with Crippen LogP contribution in [0, 0.1) is 0 Å². The molecule has 9 aromatic carbocycles. The largest absolute Gasteiger partial charge is 0.455 e. The van der Waals surface area contributed by atoms with Gasteiger partial charge in [-0.2, -0.15) is 0 Å². The Morgan fingerprint density at radius 2 is 0.918 bits per heavy atom. The first kappa shape index (κ1) is 20.7. The fourth-order valence-corrected chi connectivity index (χ4v) is 7.36. The van der Waals surface area contributed by atoms with Gasteiger partial charge in [-0.25, -0.2) is 0 Å². The molecule has 0 saturated heterocycles. The summed E-state index contributed by atoms with van der Waals surface area (Å²) in [6.45, 7) is 0. The molecular formula is C48H30O. The van der Waals surface area contributed by atoms with E-state index in [9.17, 15) is 5.48 Å². The quantitative estimate of drug-likeness (QED) is 0.139. The molecule has 0 unspecified atom stereocenters. The first-order chi connectivity index (χ1) is 27.7. The van der Waals surface area contributed by atoms with Crippen LogP contribution in [0.1, 0.15) is 11.0 Å². The molecule has 0 aliphatic rings. The standard InChI is InChI=1S/C48H30O/c1-3-15-31(16-4-1)33-27-28-44-43(29-33)47(48(49-44)42-30-34-19-7-8-20-35(34)36-21-9-10-22-37(36)42)46-40-25-13-11-23-38(40)45(32-17-5-2-6-18-32)39-24-12-14-26-41(39)46/h1-30H/i11D,12D,13D,14D,23D,24D,25D,26D. The summed E-state index contributed by atoms with van der Waals surface area (Å²) in [5, 5.41) is 5.09. The molecule has 1 aromatic heterocycles. The van der Waals surface area contributed by atoms with Crippen molar-refractivity contribution in [2.24, 2.45) is 0 Å². The maximum atomic E-state index is 9.61. The first-order valence-electron chi connectivity index (χ1n) is 20.2. The Balaban J connectivity index is 1.52. The van der Waals surface area contributed by atoms with Gasteiger partial charge in [0.1, 0.15) is 11.3 Å². The molecule has 0 atom stereocenters. The van der Waals surface area contributed by atoms with Crippen LogP contribution >= 0.6 is 0 Å². The van der Waals surface area contributed by atoms with Crippen LogP contribution in [-0.2, 0) is 0 Å². The van der Waals surface area contributed by atoms with Gasteiger partial charge in [-0.1, -0.05) is 164 Å². The van der Waals surface area contributed by atoms with Gasteiger partial charge in [-0.15, -0.1) is 0 Å². The molecule has 0 amide bonds. The minimum Gasteiger partial charge on any atom is -0.455 e. The summed E-state index contributed by atoms with van der Waals surface area (Å²) in [6.07, 6.45) is 0. The van der Waals surface area contributed by atoms with Gasteiger partial charge in [-0.3, -0.25) is 0 Å². The van der Waals surface area contributed by atoms with Crippen molar-refractivity contribution in [3.63, 3.8) is 0 Å². The Morgan fingerprint density at radius 3 is 1.59 bits per heavy atom. The van der Waals surface area contributed by atoms with E-state index in [4.69, 9.17) is 9.90 Å². The van der Waals surface area contributed by atoms with Crippen molar-refractivity contribution < 1.29 is 15.4 Å². The third-order valence-electron chi connectivity index (χ3n) is 9.50. The normalized spacial score (nSPS) is 14.0. The molecule has 0 radical (unpaired) electrons. The van der Waals surface area contributed by atoms with Gasteiger partial charge in [0, 0.05) is 22.1 Å². The smallest absolute Gasteiger partial charge is 0.143 e. The van der Waals surface area contributed by atoms with E-state index in [1.54, 1.807) is 24.3 Å². The highest BCUT2D eigenvalue weighted by atomic mass is 16.3. The monoisotopic (exact) mass is 630 g/mol. The number of benzene rings is 9. The molecule has 0 fully saturated rings. The van der Waals surface area contributed by atoms with Gasteiger partial charge in [0.2, 0.25) is 0 Å². The summed E-state index contributed by atoms with van der Waals surface area (Å²) in [5.41, 5.74) is 4.62. The molecule has 49 heavy (non-hydrogen) atoms. The molecule has 10 rings (SSSR count). The van der Waals surface area contributed by atoms with Crippen molar-refractivity contribution in [1.29, 1.82) is 0 Å². The lowest BCUT2D eigenvalue weighted by atomic mass is 9.84. The lowest BCUT2D eigenvalue weighted by molar-refractivity contribution is 0.633. The molecular weight excluding hydrogens is 593 g/mol. The Hall–Kier alpha value is -6.44. The van der Waals surface area contributed by atoms with E-state index in [1.165, 1.54) is 0 Å². The molecule has 0 aliphatic carbocycles. The number of hydrogen-bond donors (Lipinski definition) is 0. The zero-order chi connectivity index (χ0) is 39.3. The molecule has 0 spiro atoms. The number of fused-ring (bicyclic) bond motifs is 6. The van der Waals surface area contributed by atoms with Crippen molar-refractivity contribution >= 4 is 54.1 Å². The first-order valence-corrected chi connectivity index (χ1v) is 16.2. The van der Waals surface area contributed by atoms with E-state index in [0.29, 0.717) is 33.4 Å². The van der Waals surface area contributed by atoms with Crippen molar-refractivity contribution in [2.75, 3.05) is 0 Å². The Bertz CT molecular complexity index is 3240.